The topological polar surface area (TPSA) is 4.41 Å². The van der Waals surface area contributed by atoms with E-state index in [-0.39, 0.29) is 6.71 Å². The van der Waals surface area contributed by atoms with Crippen molar-refractivity contribution in [3.05, 3.63) is 145 Å². The van der Waals surface area contributed by atoms with E-state index in [9.17, 15) is 0 Å². The summed E-state index contributed by atoms with van der Waals surface area (Å²) in [6, 6.07) is 49.6. The maximum absolute atomic E-state index is 2.46. The lowest BCUT2D eigenvalue weighted by atomic mass is 9.33. The lowest BCUT2D eigenvalue weighted by Gasteiger charge is -2.26. The Bertz CT molecular complexity index is 2160. The van der Waals surface area contributed by atoms with E-state index in [2.05, 4.69) is 138 Å². The van der Waals surface area contributed by atoms with Crippen LogP contribution in [0.1, 0.15) is 11.1 Å². The van der Waals surface area contributed by atoms with Crippen molar-refractivity contribution in [3.8, 4) is 11.1 Å². The summed E-state index contributed by atoms with van der Waals surface area (Å²) in [7, 11) is 0. The Kier molecular flexibility index (Phi) is 4.26. The Morgan fingerprint density at radius 2 is 1.08 bits per heavy atom. The highest BCUT2D eigenvalue weighted by atomic mass is 14.9. The second-order valence-corrected chi connectivity index (χ2v) is 10.9. The van der Waals surface area contributed by atoms with E-state index in [0.29, 0.717) is 0 Å². The third kappa shape index (κ3) is 2.86. The fourth-order valence-corrected chi connectivity index (χ4v) is 7.24. The van der Waals surface area contributed by atoms with Gasteiger partial charge in [0.1, 0.15) is 0 Å². The first kappa shape index (κ1) is 21.2. The molecule has 2 aromatic heterocycles. The summed E-state index contributed by atoms with van der Waals surface area (Å²) < 4.78 is 2.46. The quantitative estimate of drug-likeness (QED) is 0.230. The number of benzene rings is 6. The minimum absolute atomic E-state index is 0.265. The molecule has 0 N–H and O–H groups in total. The average Bonchev–Trinajstić information content (AvgIpc) is 3.52. The van der Waals surface area contributed by atoms with Crippen LogP contribution in [0.4, 0.5) is 0 Å². The van der Waals surface area contributed by atoms with E-state index in [4.69, 9.17) is 0 Å². The van der Waals surface area contributed by atoms with Gasteiger partial charge in [-0.15, -0.1) is 0 Å². The van der Waals surface area contributed by atoms with Gasteiger partial charge in [-0.25, -0.2) is 0 Å². The smallest absolute Gasteiger partial charge is 0.241 e. The van der Waals surface area contributed by atoms with Crippen LogP contribution in [0.5, 0.6) is 0 Å². The van der Waals surface area contributed by atoms with Crippen molar-refractivity contribution < 1.29 is 0 Å². The zero-order valence-electron chi connectivity index (χ0n) is 21.4. The molecule has 0 saturated carbocycles. The molecule has 0 radical (unpaired) electrons. The highest BCUT2D eigenvalue weighted by Crippen LogP contribution is 2.43. The van der Waals surface area contributed by atoms with Gasteiger partial charge < -0.3 is 4.40 Å². The number of nitrogens with zero attached hydrogens (tertiary/aromatic N) is 1. The van der Waals surface area contributed by atoms with Gasteiger partial charge in [0.15, 0.2) is 0 Å². The van der Waals surface area contributed by atoms with Gasteiger partial charge >= 0.3 is 0 Å². The van der Waals surface area contributed by atoms with E-state index in [1.807, 2.05) is 0 Å². The first-order valence-electron chi connectivity index (χ1n) is 13.8. The summed E-state index contributed by atoms with van der Waals surface area (Å²) in [5, 5.41) is 5.31. The second-order valence-electron chi connectivity index (χ2n) is 10.9. The van der Waals surface area contributed by atoms with Crippen LogP contribution in [0.15, 0.2) is 133 Å². The summed E-state index contributed by atoms with van der Waals surface area (Å²) in [5.74, 6) is 0. The predicted molar refractivity (Wildman–Crippen MR) is 167 cm³/mol. The summed E-state index contributed by atoms with van der Waals surface area (Å²) in [4.78, 5) is 0. The lowest BCUT2D eigenvalue weighted by Crippen LogP contribution is -2.56. The highest BCUT2D eigenvalue weighted by Gasteiger charge is 2.30. The SMILES string of the molecule is c1ccc2c(c1)Cc1ccccc1B2c1ccc(-c2ccc3c4ccccc4n4c5ccccc5c2c34)cc1. The summed E-state index contributed by atoms with van der Waals surface area (Å²) in [6.07, 6.45) is 1.01. The molecule has 180 valence electrons. The summed E-state index contributed by atoms with van der Waals surface area (Å²) in [6.45, 7) is 0.265. The first-order chi connectivity index (χ1) is 19.4. The monoisotopic (exact) mass is 493 g/mol. The standard InChI is InChI=1S/C37H24BN/c1-5-13-32-25(9-1)23-26-10-2-6-14-33(26)38(32)27-19-17-24(18-20-27)28-21-22-30-29-11-3-7-15-34(29)39-35-16-8-4-12-31(35)36(28)37(30)39/h1-22H,23H2. The van der Waals surface area contributed by atoms with Gasteiger partial charge in [-0.05, 0) is 40.8 Å². The molecule has 0 saturated heterocycles. The molecule has 0 atom stereocenters. The maximum Gasteiger partial charge on any atom is 0.241 e. The minimum Gasteiger partial charge on any atom is -0.308 e. The molecule has 0 amide bonds. The molecule has 0 spiro atoms. The van der Waals surface area contributed by atoms with Gasteiger partial charge in [-0.3, -0.25) is 0 Å². The number of fused-ring (bicyclic) bond motifs is 8. The fourth-order valence-electron chi connectivity index (χ4n) is 7.24. The molecule has 0 fully saturated rings. The van der Waals surface area contributed by atoms with Crippen molar-refractivity contribution in [1.29, 1.82) is 0 Å². The fraction of sp³-hybridized carbons (Fsp3) is 0.0270. The van der Waals surface area contributed by atoms with Gasteiger partial charge in [0.2, 0.25) is 6.71 Å². The number of aromatic nitrogens is 1. The Morgan fingerprint density at radius 3 is 1.79 bits per heavy atom. The average molecular weight is 493 g/mol. The van der Waals surface area contributed by atoms with E-state index >= 15 is 0 Å². The van der Waals surface area contributed by atoms with E-state index in [1.54, 1.807) is 0 Å². The van der Waals surface area contributed by atoms with Crippen LogP contribution >= 0.6 is 0 Å². The van der Waals surface area contributed by atoms with Crippen LogP contribution in [-0.4, -0.2) is 11.1 Å². The van der Waals surface area contributed by atoms with Crippen molar-refractivity contribution in [2.45, 2.75) is 6.42 Å². The number of para-hydroxylation sites is 2. The van der Waals surface area contributed by atoms with Crippen molar-refractivity contribution in [2.75, 3.05) is 0 Å². The molecule has 6 aromatic carbocycles. The minimum atomic E-state index is 0.265. The van der Waals surface area contributed by atoms with Gasteiger partial charge in [-0.1, -0.05) is 138 Å². The van der Waals surface area contributed by atoms with Gasteiger partial charge in [0, 0.05) is 21.5 Å². The third-order valence-corrected chi connectivity index (χ3v) is 8.92. The zero-order valence-corrected chi connectivity index (χ0v) is 21.4. The van der Waals surface area contributed by atoms with Crippen molar-refractivity contribution in [2.24, 2.45) is 0 Å². The number of hydrogen-bond donors (Lipinski definition) is 0. The molecule has 0 bridgehead atoms. The Balaban J connectivity index is 1.26. The Hall–Kier alpha value is -4.82. The van der Waals surface area contributed by atoms with E-state index in [1.165, 1.54) is 76.7 Å². The molecule has 2 heteroatoms. The number of rotatable bonds is 2. The lowest BCUT2D eigenvalue weighted by molar-refractivity contribution is 1.21. The molecule has 8 aromatic rings. The Labute approximate surface area is 227 Å². The molecule has 1 aliphatic rings. The predicted octanol–water partition coefficient (Wildman–Crippen LogP) is 6.92. The van der Waals surface area contributed by atoms with E-state index < -0.39 is 0 Å². The molecule has 0 unspecified atom stereocenters. The van der Waals surface area contributed by atoms with Crippen molar-refractivity contribution in [3.63, 3.8) is 0 Å². The number of hydrogen-bond acceptors (Lipinski definition) is 0. The molecule has 0 aliphatic carbocycles. The van der Waals surface area contributed by atoms with Crippen LogP contribution in [0.25, 0.3) is 49.2 Å². The van der Waals surface area contributed by atoms with E-state index in [0.717, 1.165) is 6.42 Å². The largest absolute Gasteiger partial charge is 0.308 e. The van der Waals surface area contributed by atoms with Crippen LogP contribution in [0.3, 0.4) is 0 Å². The van der Waals surface area contributed by atoms with Gasteiger partial charge in [-0.2, -0.15) is 0 Å². The van der Waals surface area contributed by atoms with Gasteiger partial charge in [0.05, 0.1) is 16.6 Å². The van der Waals surface area contributed by atoms with Gasteiger partial charge in [0.25, 0.3) is 0 Å². The second kappa shape index (κ2) is 7.85. The molecule has 1 aliphatic heterocycles. The van der Waals surface area contributed by atoms with Crippen molar-refractivity contribution in [1.82, 2.24) is 4.40 Å². The zero-order chi connectivity index (χ0) is 25.5. The normalized spacial score (nSPS) is 13.0. The van der Waals surface area contributed by atoms with Crippen LogP contribution < -0.4 is 16.4 Å². The molecule has 39 heavy (non-hydrogen) atoms. The van der Waals surface area contributed by atoms with Crippen LogP contribution in [0.2, 0.25) is 0 Å². The van der Waals surface area contributed by atoms with Crippen LogP contribution in [0, 0.1) is 0 Å². The molecule has 3 heterocycles. The summed E-state index contributed by atoms with van der Waals surface area (Å²) in [5.41, 5.74) is 13.5. The van der Waals surface area contributed by atoms with Crippen molar-refractivity contribution >= 4 is 61.2 Å². The molecule has 9 rings (SSSR count). The summed E-state index contributed by atoms with van der Waals surface area (Å²) >= 11 is 0. The third-order valence-electron chi connectivity index (χ3n) is 8.92. The molecule has 1 nitrogen and oxygen atoms in total. The Morgan fingerprint density at radius 1 is 0.487 bits per heavy atom. The maximum atomic E-state index is 2.46. The molecular weight excluding hydrogens is 469 g/mol. The molecular formula is C37H24BN. The highest BCUT2D eigenvalue weighted by molar-refractivity contribution is 6.96. The first-order valence-corrected chi connectivity index (χ1v) is 13.8. The van der Waals surface area contributed by atoms with Crippen LogP contribution in [-0.2, 0) is 6.42 Å².